The molecule has 9 heteroatoms. The normalized spacial score (nSPS) is 15.1. The van der Waals surface area contributed by atoms with E-state index in [1.54, 1.807) is 55.5 Å². The Morgan fingerprint density at radius 3 is 2.23 bits per heavy atom. The van der Waals surface area contributed by atoms with Crippen LogP contribution < -0.4 is 10.6 Å². The Labute approximate surface area is 172 Å². The summed E-state index contributed by atoms with van der Waals surface area (Å²) >= 11 is 24.3. The van der Waals surface area contributed by atoms with Gasteiger partial charge in [0, 0.05) is 5.30 Å². The summed E-state index contributed by atoms with van der Waals surface area (Å²) in [6.45, 7) is 1.77. The van der Waals surface area contributed by atoms with Gasteiger partial charge >= 0.3 is 0 Å². The SMILES string of the molecule is CCOP(=O)(c1ccccc1)C(NC(=O)c1ccccc1Cl)C(Cl)(Cl)Cl. The second-order valence-corrected chi connectivity index (χ2v) is 10.5. The number of rotatable bonds is 6. The zero-order valence-corrected chi connectivity index (χ0v) is 17.6. The quantitative estimate of drug-likeness (QED) is 0.469. The minimum atomic E-state index is -3.76. The van der Waals surface area contributed by atoms with Crippen LogP contribution >= 0.6 is 53.8 Å². The van der Waals surface area contributed by atoms with E-state index >= 15 is 0 Å². The standard InChI is InChI=1S/C17H16Cl4NO3P/c1-2-25-26(24,12-8-4-3-5-9-12)16(17(19,20)21)22-15(23)13-10-6-7-11-14(13)18/h3-11,16H,2H2,1H3,(H,22,23). The molecule has 0 bridgehead atoms. The molecule has 2 aromatic carbocycles. The summed E-state index contributed by atoms with van der Waals surface area (Å²) < 4.78 is 17.1. The number of alkyl halides is 3. The van der Waals surface area contributed by atoms with Crippen LogP contribution in [-0.2, 0) is 9.09 Å². The smallest absolute Gasteiger partial charge is 0.258 e. The topological polar surface area (TPSA) is 55.4 Å². The summed E-state index contributed by atoms with van der Waals surface area (Å²) in [7, 11) is -3.76. The predicted molar refractivity (Wildman–Crippen MR) is 108 cm³/mol. The molecule has 2 aromatic rings. The minimum absolute atomic E-state index is 0.103. The van der Waals surface area contributed by atoms with Crippen molar-refractivity contribution in [2.45, 2.75) is 16.5 Å². The number of carbonyl (C=O) groups is 1. The molecule has 26 heavy (non-hydrogen) atoms. The van der Waals surface area contributed by atoms with Gasteiger partial charge in [-0.1, -0.05) is 76.7 Å². The van der Waals surface area contributed by atoms with E-state index in [9.17, 15) is 9.36 Å². The summed E-state index contributed by atoms with van der Waals surface area (Å²) in [4.78, 5) is 12.7. The maximum Gasteiger partial charge on any atom is 0.258 e. The first-order valence-electron chi connectivity index (χ1n) is 7.62. The lowest BCUT2D eigenvalue weighted by Gasteiger charge is -2.32. The van der Waals surface area contributed by atoms with Crippen molar-refractivity contribution in [2.24, 2.45) is 0 Å². The van der Waals surface area contributed by atoms with E-state index in [4.69, 9.17) is 50.9 Å². The van der Waals surface area contributed by atoms with Gasteiger partial charge in [-0.15, -0.1) is 0 Å². The van der Waals surface area contributed by atoms with Crippen molar-refractivity contribution in [3.63, 3.8) is 0 Å². The molecular formula is C17H16Cl4NO3P. The third kappa shape index (κ3) is 4.95. The molecule has 0 aromatic heterocycles. The van der Waals surface area contributed by atoms with Gasteiger partial charge in [0.2, 0.25) is 3.79 Å². The fourth-order valence-electron chi connectivity index (χ4n) is 2.33. The Bertz CT molecular complexity index is 811. The van der Waals surface area contributed by atoms with Gasteiger partial charge in [0.1, 0.15) is 0 Å². The molecule has 140 valence electrons. The summed E-state index contributed by atoms with van der Waals surface area (Å²) in [5.74, 6) is -2.03. The molecule has 4 nitrogen and oxygen atoms in total. The number of halogens is 4. The molecule has 0 aliphatic rings. The van der Waals surface area contributed by atoms with Gasteiger partial charge in [0.05, 0.1) is 17.2 Å². The molecule has 0 heterocycles. The second-order valence-electron chi connectivity index (χ2n) is 5.25. The van der Waals surface area contributed by atoms with Crippen LogP contribution in [0.15, 0.2) is 54.6 Å². The maximum absolute atomic E-state index is 13.7. The van der Waals surface area contributed by atoms with Crippen LogP contribution in [-0.4, -0.2) is 22.1 Å². The molecule has 0 saturated heterocycles. The van der Waals surface area contributed by atoms with E-state index in [1.807, 2.05) is 0 Å². The van der Waals surface area contributed by atoms with Gasteiger partial charge in [-0.25, -0.2) is 0 Å². The highest BCUT2D eigenvalue weighted by Crippen LogP contribution is 2.57. The Morgan fingerprint density at radius 2 is 1.69 bits per heavy atom. The second kappa shape index (κ2) is 8.97. The number of nitrogens with one attached hydrogen (secondary N) is 1. The number of hydrogen-bond donors (Lipinski definition) is 1. The first-order chi connectivity index (χ1) is 12.2. The Balaban J connectivity index is 2.47. The summed E-state index contributed by atoms with van der Waals surface area (Å²) in [6, 6.07) is 14.7. The number of amides is 1. The van der Waals surface area contributed by atoms with Crippen LogP contribution in [0.5, 0.6) is 0 Å². The molecule has 2 unspecified atom stereocenters. The zero-order valence-electron chi connectivity index (χ0n) is 13.7. The highest BCUT2D eigenvalue weighted by Gasteiger charge is 2.49. The van der Waals surface area contributed by atoms with Crippen LogP contribution in [0.1, 0.15) is 17.3 Å². The molecule has 2 rings (SSSR count). The number of hydrogen-bond acceptors (Lipinski definition) is 3. The minimum Gasteiger partial charge on any atom is -0.336 e. The molecule has 2 atom stereocenters. The van der Waals surface area contributed by atoms with Crippen molar-refractivity contribution in [2.75, 3.05) is 6.61 Å². The monoisotopic (exact) mass is 453 g/mol. The summed E-state index contributed by atoms with van der Waals surface area (Å²) in [5.41, 5.74) is 0.171. The zero-order chi connectivity index (χ0) is 19.4. The Kier molecular flexibility index (Phi) is 7.43. The van der Waals surface area contributed by atoms with Crippen molar-refractivity contribution in [3.05, 3.63) is 65.2 Å². The molecule has 0 aliphatic heterocycles. The molecule has 0 saturated carbocycles. The molecule has 1 N–H and O–H groups in total. The molecule has 0 radical (unpaired) electrons. The van der Waals surface area contributed by atoms with Crippen molar-refractivity contribution in [1.82, 2.24) is 5.32 Å². The Hall–Kier alpha value is -0.740. The van der Waals surface area contributed by atoms with Gasteiger partial charge in [-0.3, -0.25) is 9.36 Å². The van der Waals surface area contributed by atoms with E-state index < -0.39 is 22.9 Å². The largest absolute Gasteiger partial charge is 0.336 e. The van der Waals surface area contributed by atoms with Gasteiger partial charge in [-0.2, -0.15) is 0 Å². The average molecular weight is 455 g/mol. The molecule has 0 fully saturated rings. The summed E-state index contributed by atoms with van der Waals surface area (Å²) in [5, 5.41) is 3.08. The Morgan fingerprint density at radius 1 is 1.12 bits per heavy atom. The first-order valence-corrected chi connectivity index (χ1v) is 10.8. The lowest BCUT2D eigenvalue weighted by atomic mass is 10.2. The van der Waals surface area contributed by atoms with Crippen molar-refractivity contribution in [3.8, 4) is 0 Å². The van der Waals surface area contributed by atoms with E-state index in [-0.39, 0.29) is 17.2 Å². The molecule has 1 amide bonds. The van der Waals surface area contributed by atoms with E-state index in [0.29, 0.717) is 5.30 Å². The van der Waals surface area contributed by atoms with Gasteiger partial charge < -0.3 is 9.84 Å². The van der Waals surface area contributed by atoms with E-state index in [0.717, 1.165) is 0 Å². The first kappa shape index (κ1) is 21.6. The lowest BCUT2D eigenvalue weighted by Crippen LogP contribution is -2.46. The lowest BCUT2D eigenvalue weighted by molar-refractivity contribution is 0.0946. The molecule has 0 aliphatic carbocycles. The van der Waals surface area contributed by atoms with Crippen molar-refractivity contribution >= 4 is 65.0 Å². The highest BCUT2D eigenvalue weighted by atomic mass is 35.6. The van der Waals surface area contributed by atoms with Crippen LogP contribution in [0.25, 0.3) is 0 Å². The molecular weight excluding hydrogens is 439 g/mol. The van der Waals surface area contributed by atoms with Crippen LogP contribution in [0.2, 0.25) is 5.02 Å². The summed E-state index contributed by atoms with van der Waals surface area (Å²) in [6.07, 6.45) is 0. The fraction of sp³-hybridized carbons (Fsp3) is 0.235. The van der Waals surface area contributed by atoms with Crippen LogP contribution in [0.3, 0.4) is 0 Å². The third-order valence-electron chi connectivity index (χ3n) is 3.47. The van der Waals surface area contributed by atoms with Crippen molar-refractivity contribution < 1.29 is 13.9 Å². The van der Waals surface area contributed by atoms with E-state index in [2.05, 4.69) is 5.32 Å². The molecule has 0 spiro atoms. The third-order valence-corrected chi connectivity index (χ3v) is 7.77. The highest BCUT2D eigenvalue weighted by molar-refractivity contribution is 7.68. The van der Waals surface area contributed by atoms with Crippen LogP contribution in [0.4, 0.5) is 0 Å². The maximum atomic E-state index is 13.7. The number of benzene rings is 2. The number of carbonyl (C=O) groups excluding carboxylic acids is 1. The van der Waals surface area contributed by atoms with Gasteiger partial charge in [-0.05, 0) is 31.2 Å². The van der Waals surface area contributed by atoms with E-state index in [1.165, 1.54) is 6.07 Å². The van der Waals surface area contributed by atoms with Gasteiger partial charge in [0.15, 0.2) is 5.78 Å². The van der Waals surface area contributed by atoms with Crippen LogP contribution in [0, 0.1) is 0 Å². The fourth-order valence-corrected chi connectivity index (χ4v) is 6.11. The predicted octanol–water partition coefficient (Wildman–Crippen LogP) is 5.41. The van der Waals surface area contributed by atoms with Gasteiger partial charge in [0.25, 0.3) is 13.3 Å². The van der Waals surface area contributed by atoms with Crippen molar-refractivity contribution in [1.29, 1.82) is 0 Å². The average Bonchev–Trinajstić information content (AvgIpc) is 2.59.